The van der Waals surface area contributed by atoms with Gasteiger partial charge in [0.25, 0.3) is 0 Å². The van der Waals surface area contributed by atoms with Crippen molar-refractivity contribution in [1.29, 1.82) is 0 Å². The molecule has 0 aliphatic carbocycles. The summed E-state index contributed by atoms with van der Waals surface area (Å²) in [4.78, 5) is 16.8. The number of fused-ring (bicyclic) bond motifs is 1. The number of aromatic nitrogens is 3. The molecule has 5 rings (SSSR count). The maximum atomic E-state index is 15.1. The molecule has 1 aliphatic rings. The average molecular weight is 407 g/mol. The predicted molar refractivity (Wildman–Crippen MR) is 116 cm³/mol. The summed E-state index contributed by atoms with van der Waals surface area (Å²) >= 11 is 0. The Kier molecular flexibility index (Phi) is 4.34. The molecule has 8 heteroatoms. The molecule has 0 fully saturated rings. The van der Waals surface area contributed by atoms with Crippen LogP contribution in [0.1, 0.15) is 19.4 Å². The minimum atomic E-state index is -0.644. The molecule has 4 aromatic rings. The van der Waals surface area contributed by atoms with E-state index in [0.29, 0.717) is 24.4 Å². The Morgan fingerprint density at radius 3 is 3.03 bits per heavy atom. The summed E-state index contributed by atoms with van der Waals surface area (Å²) in [5.74, 6) is -0.296. The lowest BCUT2D eigenvalue weighted by Gasteiger charge is -2.29. The van der Waals surface area contributed by atoms with Gasteiger partial charge in [-0.3, -0.25) is 4.79 Å². The molecule has 7 nitrogen and oxygen atoms in total. The first-order chi connectivity index (χ1) is 14.6. The lowest BCUT2D eigenvalue weighted by Crippen LogP contribution is -2.25. The molecule has 2 aromatic carbocycles. The fraction of sp³-hybridized carbons (Fsp3) is 0.273. The Hall–Kier alpha value is -3.55. The van der Waals surface area contributed by atoms with Crippen LogP contribution in [-0.2, 0) is 6.54 Å². The van der Waals surface area contributed by atoms with Crippen LogP contribution in [0.3, 0.4) is 0 Å². The van der Waals surface area contributed by atoms with Gasteiger partial charge in [0.2, 0.25) is 0 Å². The number of hydrogen-bond acceptors (Lipinski definition) is 5. The summed E-state index contributed by atoms with van der Waals surface area (Å²) in [5, 5.41) is 3.32. The van der Waals surface area contributed by atoms with E-state index in [1.54, 1.807) is 6.20 Å². The van der Waals surface area contributed by atoms with E-state index in [-0.39, 0.29) is 28.2 Å². The number of nitrogens with zero attached hydrogens (tertiary/aromatic N) is 3. The van der Waals surface area contributed by atoms with Gasteiger partial charge in [0.15, 0.2) is 17.0 Å². The molecule has 0 amide bonds. The highest BCUT2D eigenvalue weighted by atomic mass is 19.1. The van der Waals surface area contributed by atoms with E-state index in [1.165, 1.54) is 6.07 Å². The Labute approximate surface area is 171 Å². The van der Waals surface area contributed by atoms with Crippen LogP contribution in [0.15, 0.2) is 47.7 Å². The molecule has 0 radical (unpaired) electrons. The number of pyridine rings is 1. The van der Waals surface area contributed by atoms with Crippen molar-refractivity contribution >= 4 is 33.3 Å². The number of para-hydroxylation sites is 2. The zero-order chi connectivity index (χ0) is 20.8. The van der Waals surface area contributed by atoms with Crippen LogP contribution in [-0.4, -0.2) is 27.3 Å². The SMILES string of the molecule is CC1COc2c(NCCCn3cnc4ccccc43)c(F)c(N)c3c(=O)ccn1c23. The smallest absolute Gasteiger partial charge is 0.191 e. The van der Waals surface area contributed by atoms with E-state index in [9.17, 15) is 4.79 Å². The molecular weight excluding hydrogens is 385 g/mol. The maximum Gasteiger partial charge on any atom is 0.191 e. The molecule has 1 atom stereocenters. The quantitative estimate of drug-likeness (QED) is 0.390. The number of hydrogen-bond donors (Lipinski definition) is 2. The van der Waals surface area contributed by atoms with Gasteiger partial charge < -0.3 is 24.9 Å². The molecule has 0 saturated heterocycles. The second-order valence-electron chi connectivity index (χ2n) is 7.61. The van der Waals surface area contributed by atoms with Crippen LogP contribution in [0.4, 0.5) is 15.8 Å². The number of anilines is 2. The number of ether oxygens (including phenoxy) is 1. The van der Waals surface area contributed by atoms with E-state index in [1.807, 2.05) is 42.1 Å². The van der Waals surface area contributed by atoms with Gasteiger partial charge in [-0.05, 0) is 25.5 Å². The van der Waals surface area contributed by atoms with Crippen LogP contribution in [0.25, 0.3) is 21.9 Å². The fourth-order valence-electron chi connectivity index (χ4n) is 4.11. The molecule has 30 heavy (non-hydrogen) atoms. The van der Waals surface area contributed by atoms with Crippen LogP contribution in [0.2, 0.25) is 0 Å². The Bertz CT molecular complexity index is 1330. The summed E-state index contributed by atoms with van der Waals surface area (Å²) in [6.07, 6.45) is 4.27. The summed E-state index contributed by atoms with van der Waals surface area (Å²) in [6.45, 7) is 3.62. The Morgan fingerprint density at radius 2 is 2.17 bits per heavy atom. The second kappa shape index (κ2) is 7.05. The number of benzene rings is 2. The van der Waals surface area contributed by atoms with Gasteiger partial charge in [-0.2, -0.15) is 0 Å². The lowest BCUT2D eigenvalue weighted by atomic mass is 10.1. The number of rotatable bonds is 5. The number of halogens is 1. The van der Waals surface area contributed by atoms with Crippen molar-refractivity contribution in [2.75, 3.05) is 24.2 Å². The van der Waals surface area contributed by atoms with Gasteiger partial charge in [-0.25, -0.2) is 9.37 Å². The largest absolute Gasteiger partial charge is 0.487 e. The second-order valence-corrected chi connectivity index (χ2v) is 7.61. The van der Waals surface area contributed by atoms with Crippen molar-refractivity contribution < 1.29 is 9.13 Å². The number of imidazole rings is 1. The number of nitrogens with two attached hydrogens (primary N) is 1. The average Bonchev–Trinajstić information content (AvgIpc) is 3.16. The fourth-order valence-corrected chi connectivity index (χ4v) is 4.11. The molecule has 3 N–H and O–H groups in total. The first-order valence-electron chi connectivity index (χ1n) is 9.98. The molecule has 2 aromatic heterocycles. The summed E-state index contributed by atoms with van der Waals surface area (Å²) < 4.78 is 24.9. The minimum absolute atomic E-state index is 0.0211. The normalized spacial score (nSPS) is 15.5. The van der Waals surface area contributed by atoms with Crippen molar-refractivity contribution in [3.63, 3.8) is 0 Å². The summed E-state index contributed by atoms with van der Waals surface area (Å²) in [5.41, 5.74) is 8.34. The standard InChI is InChI=1S/C22H22FN5O2/c1-13-11-30-22-20(18(23)19(24)17-16(29)7-10-28(13)21(17)22)25-8-4-9-27-12-26-14-5-2-3-6-15(14)27/h2-3,5-7,10,12-13,25H,4,8-9,11,24H2,1H3. The van der Waals surface area contributed by atoms with E-state index in [4.69, 9.17) is 10.5 Å². The molecule has 3 heterocycles. The van der Waals surface area contributed by atoms with Crippen molar-refractivity contribution in [2.24, 2.45) is 0 Å². The third kappa shape index (κ3) is 2.79. The topological polar surface area (TPSA) is 87.1 Å². The van der Waals surface area contributed by atoms with Crippen LogP contribution < -0.4 is 21.2 Å². The van der Waals surface area contributed by atoms with Crippen LogP contribution >= 0.6 is 0 Å². The minimum Gasteiger partial charge on any atom is -0.487 e. The van der Waals surface area contributed by atoms with Gasteiger partial charge in [-0.15, -0.1) is 0 Å². The summed E-state index contributed by atoms with van der Waals surface area (Å²) in [7, 11) is 0. The lowest BCUT2D eigenvalue weighted by molar-refractivity contribution is 0.247. The molecule has 154 valence electrons. The van der Waals surface area contributed by atoms with Crippen LogP contribution in [0.5, 0.6) is 5.75 Å². The third-order valence-corrected chi connectivity index (χ3v) is 5.64. The van der Waals surface area contributed by atoms with Gasteiger partial charge in [0.05, 0.1) is 40.0 Å². The van der Waals surface area contributed by atoms with Gasteiger partial charge >= 0.3 is 0 Å². The van der Waals surface area contributed by atoms with Gasteiger partial charge in [-0.1, -0.05) is 12.1 Å². The Balaban J connectivity index is 1.44. The van der Waals surface area contributed by atoms with Crippen molar-refractivity contribution in [2.45, 2.75) is 25.9 Å². The van der Waals surface area contributed by atoms with E-state index >= 15 is 4.39 Å². The Morgan fingerprint density at radius 1 is 1.33 bits per heavy atom. The first-order valence-corrected chi connectivity index (χ1v) is 9.98. The molecule has 1 unspecified atom stereocenters. The molecule has 0 spiro atoms. The number of nitrogen functional groups attached to an aromatic ring is 1. The predicted octanol–water partition coefficient (Wildman–Crippen LogP) is 3.53. The highest BCUT2D eigenvalue weighted by Gasteiger charge is 2.27. The van der Waals surface area contributed by atoms with E-state index < -0.39 is 5.82 Å². The molecular formula is C22H22FN5O2. The molecule has 0 saturated carbocycles. The first kappa shape index (κ1) is 18.5. The third-order valence-electron chi connectivity index (χ3n) is 5.64. The van der Waals surface area contributed by atoms with E-state index in [0.717, 1.165) is 24.0 Å². The highest BCUT2D eigenvalue weighted by molar-refractivity contribution is 6.00. The van der Waals surface area contributed by atoms with Crippen molar-refractivity contribution in [3.8, 4) is 5.75 Å². The number of nitrogens with one attached hydrogen (secondary N) is 1. The van der Waals surface area contributed by atoms with Crippen molar-refractivity contribution in [3.05, 3.63) is 58.9 Å². The van der Waals surface area contributed by atoms with Crippen molar-refractivity contribution in [1.82, 2.24) is 14.1 Å². The van der Waals surface area contributed by atoms with Gasteiger partial charge in [0, 0.05) is 25.4 Å². The highest BCUT2D eigenvalue weighted by Crippen LogP contribution is 2.42. The van der Waals surface area contributed by atoms with E-state index in [2.05, 4.69) is 14.9 Å². The van der Waals surface area contributed by atoms with Gasteiger partial charge in [0.1, 0.15) is 12.3 Å². The number of aryl methyl sites for hydroxylation is 1. The maximum absolute atomic E-state index is 15.1. The zero-order valence-corrected chi connectivity index (χ0v) is 16.6. The molecule has 0 bridgehead atoms. The summed E-state index contributed by atoms with van der Waals surface area (Å²) in [6, 6.07) is 9.38. The van der Waals surface area contributed by atoms with Crippen LogP contribution in [0, 0.1) is 5.82 Å². The monoisotopic (exact) mass is 407 g/mol. The zero-order valence-electron chi connectivity index (χ0n) is 16.6. The molecule has 1 aliphatic heterocycles.